The number of carbonyl (C=O) groups is 1. The van der Waals surface area contributed by atoms with Crippen molar-refractivity contribution >= 4 is 17.7 Å². The van der Waals surface area contributed by atoms with Gasteiger partial charge in [0, 0.05) is 24.6 Å². The van der Waals surface area contributed by atoms with Gasteiger partial charge in [0.05, 0.1) is 18.8 Å². The molecule has 1 aromatic rings. The van der Waals surface area contributed by atoms with Gasteiger partial charge in [-0.1, -0.05) is 18.6 Å². The Labute approximate surface area is 148 Å². The Morgan fingerprint density at radius 3 is 2.83 bits per heavy atom. The summed E-state index contributed by atoms with van der Waals surface area (Å²) in [7, 11) is 1.56. The van der Waals surface area contributed by atoms with Crippen molar-refractivity contribution in [1.82, 2.24) is 10.2 Å². The number of nitrogens with zero attached hydrogens (tertiary/aromatic N) is 1. The smallest absolute Gasteiger partial charge is 0.255 e. The van der Waals surface area contributed by atoms with Gasteiger partial charge in [0.25, 0.3) is 5.91 Å². The number of hydrogen-bond donors (Lipinski definition) is 2. The zero-order chi connectivity index (χ0) is 17.2. The lowest BCUT2D eigenvalue weighted by atomic mass is 10.1. The predicted molar refractivity (Wildman–Crippen MR) is 99.0 cm³/mol. The van der Waals surface area contributed by atoms with Gasteiger partial charge in [-0.15, -0.1) is 0 Å². The Hall–Kier alpha value is -1.24. The van der Waals surface area contributed by atoms with E-state index in [2.05, 4.69) is 10.2 Å². The van der Waals surface area contributed by atoms with Crippen LogP contribution in [0.15, 0.2) is 24.3 Å². The van der Waals surface area contributed by atoms with Crippen molar-refractivity contribution in [3.05, 3.63) is 29.8 Å². The van der Waals surface area contributed by atoms with Crippen LogP contribution < -0.4 is 10.1 Å². The molecule has 6 heteroatoms. The number of aliphatic hydroxyl groups excluding tert-OH is 1. The molecule has 24 heavy (non-hydrogen) atoms. The second-order valence-electron chi connectivity index (χ2n) is 6.05. The predicted octanol–water partition coefficient (Wildman–Crippen LogP) is 2.00. The largest absolute Gasteiger partial charge is 0.496 e. The molecule has 0 aromatic heterocycles. The molecule has 1 unspecified atom stereocenters. The number of nitrogens with one attached hydrogen (secondary N) is 1. The van der Waals surface area contributed by atoms with E-state index < -0.39 is 0 Å². The van der Waals surface area contributed by atoms with Gasteiger partial charge in [-0.05, 0) is 38.1 Å². The first kappa shape index (κ1) is 19.1. The number of β-amino-alcohol motifs (C(OH)–C–C–N with tert-alkyl or cyclic N) is 1. The van der Waals surface area contributed by atoms with E-state index in [4.69, 9.17) is 4.74 Å². The molecular formula is C18H28N2O3S. The average molecular weight is 353 g/mol. The summed E-state index contributed by atoms with van der Waals surface area (Å²) < 4.78 is 5.19. The maximum absolute atomic E-state index is 12.1. The third kappa shape index (κ3) is 6.34. The minimum atomic E-state index is -0.294. The van der Waals surface area contributed by atoms with Crippen LogP contribution in [0.25, 0.3) is 0 Å². The summed E-state index contributed by atoms with van der Waals surface area (Å²) in [5.74, 6) is 1.96. The minimum absolute atomic E-state index is 0.123. The summed E-state index contributed by atoms with van der Waals surface area (Å²) in [6, 6.07) is 7.20. The highest BCUT2D eigenvalue weighted by atomic mass is 32.2. The number of para-hydroxylation sites is 1. The Morgan fingerprint density at radius 2 is 2.08 bits per heavy atom. The van der Waals surface area contributed by atoms with Crippen LogP contribution in [0.2, 0.25) is 0 Å². The quantitative estimate of drug-likeness (QED) is 0.666. The van der Waals surface area contributed by atoms with E-state index in [-0.39, 0.29) is 12.0 Å². The fourth-order valence-electron chi connectivity index (χ4n) is 2.88. The molecule has 2 rings (SSSR count). The normalized spacial score (nSPS) is 16.6. The number of hydrogen-bond acceptors (Lipinski definition) is 5. The molecule has 0 bridgehead atoms. The first-order valence-electron chi connectivity index (χ1n) is 8.60. The van der Waals surface area contributed by atoms with Crippen LogP contribution >= 0.6 is 11.8 Å². The number of amides is 1. The molecule has 0 radical (unpaired) electrons. The molecule has 0 aliphatic carbocycles. The van der Waals surface area contributed by atoms with Crippen LogP contribution in [-0.2, 0) is 0 Å². The Balaban J connectivity index is 1.59. The van der Waals surface area contributed by atoms with Gasteiger partial charge in [0.2, 0.25) is 0 Å². The van der Waals surface area contributed by atoms with Crippen molar-refractivity contribution in [2.45, 2.75) is 25.4 Å². The zero-order valence-electron chi connectivity index (χ0n) is 14.4. The van der Waals surface area contributed by atoms with Crippen LogP contribution in [0.1, 0.15) is 29.6 Å². The molecule has 1 amide bonds. The van der Waals surface area contributed by atoms with Gasteiger partial charge >= 0.3 is 0 Å². The van der Waals surface area contributed by atoms with Crippen molar-refractivity contribution in [3.63, 3.8) is 0 Å². The lowest BCUT2D eigenvalue weighted by molar-refractivity contribution is 0.0953. The maximum Gasteiger partial charge on any atom is 0.255 e. The number of aliphatic hydroxyl groups is 1. The van der Waals surface area contributed by atoms with E-state index in [9.17, 15) is 9.90 Å². The van der Waals surface area contributed by atoms with E-state index in [0.717, 1.165) is 25.4 Å². The molecule has 1 fully saturated rings. The minimum Gasteiger partial charge on any atom is -0.496 e. The number of piperidine rings is 1. The first-order valence-corrected chi connectivity index (χ1v) is 9.75. The summed E-state index contributed by atoms with van der Waals surface area (Å²) in [6.07, 6.45) is 3.51. The molecule has 1 saturated heterocycles. The summed E-state index contributed by atoms with van der Waals surface area (Å²) >= 11 is 1.67. The van der Waals surface area contributed by atoms with E-state index >= 15 is 0 Å². The average Bonchev–Trinajstić information content (AvgIpc) is 2.62. The number of benzene rings is 1. The molecule has 134 valence electrons. The highest BCUT2D eigenvalue weighted by Gasteiger charge is 2.14. The third-order valence-corrected chi connectivity index (χ3v) is 5.22. The van der Waals surface area contributed by atoms with Gasteiger partial charge in [0.15, 0.2) is 0 Å². The SMILES string of the molecule is COc1ccccc1C(=O)NCCSCC(O)CN1CCCCC1. The van der Waals surface area contributed by atoms with E-state index in [0.29, 0.717) is 23.6 Å². The van der Waals surface area contributed by atoms with Gasteiger partial charge in [-0.25, -0.2) is 0 Å². The standard InChI is InChI=1S/C18H28N2O3S/c1-23-17-8-4-3-7-16(17)18(22)19-9-12-24-14-15(21)13-20-10-5-2-6-11-20/h3-4,7-8,15,21H,2,5-6,9-14H2,1H3,(H,19,22). The Bertz CT molecular complexity index is 507. The lowest BCUT2D eigenvalue weighted by Gasteiger charge is -2.28. The Kier molecular flexibility index (Phi) is 8.42. The topological polar surface area (TPSA) is 61.8 Å². The molecule has 5 nitrogen and oxygen atoms in total. The maximum atomic E-state index is 12.1. The summed E-state index contributed by atoms with van der Waals surface area (Å²) in [5.41, 5.74) is 0.551. The monoisotopic (exact) mass is 352 g/mol. The molecular weight excluding hydrogens is 324 g/mol. The summed E-state index contributed by atoms with van der Waals surface area (Å²) in [4.78, 5) is 14.5. The van der Waals surface area contributed by atoms with Crippen molar-refractivity contribution in [3.8, 4) is 5.75 Å². The van der Waals surface area contributed by atoms with Crippen molar-refractivity contribution in [1.29, 1.82) is 0 Å². The van der Waals surface area contributed by atoms with Gasteiger partial charge in [-0.3, -0.25) is 4.79 Å². The van der Waals surface area contributed by atoms with Gasteiger partial charge < -0.3 is 20.1 Å². The molecule has 1 aromatic carbocycles. The molecule has 0 spiro atoms. The number of likely N-dealkylation sites (tertiary alicyclic amines) is 1. The molecule has 0 saturated carbocycles. The molecule has 1 atom stereocenters. The van der Waals surface area contributed by atoms with Crippen LogP contribution in [0.5, 0.6) is 5.75 Å². The fourth-order valence-corrected chi connectivity index (χ4v) is 3.67. The van der Waals surface area contributed by atoms with Crippen molar-refractivity contribution in [2.75, 3.05) is 44.8 Å². The molecule has 1 heterocycles. The van der Waals surface area contributed by atoms with Crippen LogP contribution in [-0.4, -0.2) is 66.8 Å². The Morgan fingerprint density at radius 1 is 1.33 bits per heavy atom. The van der Waals surface area contributed by atoms with Crippen LogP contribution in [0, 0.1) is 0 Å². The lowest BCUT2D eigenvalue weighted by Crippen LogP contribution is -2.37. The second kappa shape index (κ2) is 10.6. The van der Waals surface area contributed by atoms with Crippen LogP contribution in [0.4, 0.5) is 0 Å². The van der Waals surface area contributed by atoms with E-state index in [1.807, 2.05) is 12.1 Å². The highest BCUT2D eigenvalue weighted by molar-refractivity contribution is 7.99. The molecule has 2 N–H and O–H groups in total. The van der Waals surface area contributed by atoms with Crippen molar-refractivity contribution in [2.24, 2.45) is 0 Å². The first-order chi connectivity index (χ1) is 11.7. The highest BCUT2D eigenvalue weighted by Crippen LogP contribution is 2.17. The summed E-state index contributed by atoms with van der Waals surface area (Å²) in [5, 5.41) is 13.0. The fraction of sp³-hybridized carbons (Fsp3) is 0.611. The zero-order valence-corrected chi connectivity index (χ0v) is 15.2. The van der Waals surface area contributed by atoms with Crippen molar-refractivity contribution < 1.29 is 14.6 Å². The number of carbonyl (C=O) groups excluding carboxylic acids is 1. The molecule has 1 aliphatic heterocycles. The number of thioether (sulfide) groups is 1. The molecule has 1 aliphatic rings. The second-order valence-corrected chi connectivity index (χ2v) is 7.20. The number of ether oxygens (including phenoxy) is 1. The number of rotatable bonds is 9. The number of methoxy groups -OCH3 is 1. The van der Waals surface area contributed by atoms with Gasteiger partial charge in [0.1, 0.15) is 5.75 Å². The van der Waals surface area contributed by atoms with E-state index in [1.165, 1.54) is 19.3 Å². The third-order valence-electron chi connectivity index (χ3n) is 4.11. The van der Waals surface area contributed by atoms with E-state index in [1.54, 1.807) is 31.0 Å². The summed E-state index contributed by atoms with van der Waals surface area (Å²) in [6.45, 7) is 3.56. The van der Waals surface area contributed by atoms with Gasteiger partial charge in [-0.2, -0.15) is 11.8 Å². The van der Waals surface area contributed by atoms with Crippen LogP contribution in [0.3, 0.4) is 0 Å².